The Morgan fingerprint density at radius 1 is 0.621 bits per heavy atom. The van der Waals surface area contributed by atoms with Crippen molar-refractivity contribution in [2.75, 3.05) is 0 Å². The quantitative estimate of drug-likeness (QED) is 0.0175. The van der Waals surface area contributed by atoms with Crippen LogP contribution < -0.4 is 122 Å². The Labute approximate surface area is 618 Å². The summed E-state index contributed by atoms with van der Waals surface area (Å²) in [6.07, 6.45) is 8.02. The van der Waals surface area contributed by atoms with E-state index in [2.05, 4.69) is 75.5 Å². The van der Waals surface area contributed by atoms with Crippen molar-refractivity contribution in [2.24, 2.45) is 0 Å². The molecule has 0 heterocycles. The summed E-state index contributed by atoms with van der Waals surface area (Å²) in [5.41, 5.74) is 7.86. The number of nitrogens with zero attached hydrogens (tertiary/aromatic N) is 2. The van der Waals surface area contributed by atoms with Gasteiger partial charge in [0.25, 0.3) is 6.47 Å². The van der Waals surface area contributed by atoms with E-state index in [-0.39, 0.29) is 180 Å². The Morgan fingerprint density at radius 3 is 1.46 bits per heavy atom. The second kappa shape index (κ2) is 45.9. The van der Waals surface area contributed by atoms with Gasteiger partial charge in [-0.1, -0.05) is 118 Å². The van der Waals surface area contributed by atoms with Crippen LogP contribution in [0.25, 0.3) is 0 Å². The van der Waals surface area contributed by atoms with E-state index in [1.54, 1.807) is 36.4 Å². The number of benzene rings is 7. The number of nitro groups is 2. The number of carbonyl (C=O) groups excluding carboxylic acids is 2. The summed E-state index contributed by atoms with van der Waals surface area (Å²) in [6.45, 7) is 24.9. The number of hydrogen-bond acceptors (Lipinski definition) is 15. The van der Waals surface area contributed by atoms with Crippen LogP contribution in [0.1, 0.15) is 85.0 Å². The molecule has 7 rings (SSSR count). The van der Waals surface area contributed by atoms with Crippen LogP contribution in [0.3, 0.4) is 0 Å². The second-order valence-corrected chi connectivity index (χ2v) is 19.9. The molecule has 0 aromatic heterocycles. The smallest absolute Gasteiger partial charge is 1.00 e. The average molecular weight is 1400 g/mol. The van der Waals surface area contributed by atoms with Crippen LogP contribution in [0.5, 0.6) is 51.7 Å². The van der Waals surface area contributed by atoms with Gasteiger partial charge in [0.15, 0.2) is 17.8 Å². The zero-order valence-corrected chi connectivity index (χ0v) is 58.5. The number of phenols is 4. The van der Waals surface area contributed by atoms with Crippen LogP contribution in [-0.4, -0.2) is 57.5 Å². The molecule has 0 aliphatic carbocycles. The van der Waals surface area contributed by atoms with Crippen molar-refractivity contribution in [1.82, 2.24) is 0 Å². The molecule has 0 spiro atoms. The van der Waals surface area contributed by atoms with Crippen molar-refractivity contribution >= 4 is 76.0 Å². The van der Waals surface area contributed by atoms with E-state index in [9.17, 15) is 39.6 Å². The Hall–Kier alpha value is -5.22. The van der Waals surface area contributed by atoms with Crippen molar-refractivity contribution < 1.29 is 173 Å². The van der Waals surface area contributed by atoms with E-state index in [1.165, 1.54) is 35.9 Å². The molecule has 0 saturated carbocycles. The average Bonchev–Trinajstić information content (AvgIpc) is 3.44. The van der Waals surface area contributed by atoms with Gasteiger partial charge in [-0.25, -0.2) is 0 Å². The van der Waals surface area contributed by atoms with Crippen LogP contribution in [0.15, 0.2) is 156 Å². The SMILES string of the molecule is C.C.C=CCc1cc(C)cc(C)c1Oc1ccc(Br)cc1[N+](=O)[O-].C=CCc1cc(C)cc(C)c1Oc1ccc(O)cc1Cl.C=CCc1cc(C)cc(OC(C)C)c1O.O=CO[O-].O=Cc1ccc(O)cc1O.O=[N+]([O-])c1cc(Br)ccc1F.[B].[H-].[K+].[K+]. The second-order valence-electron chi connectivity index (χ2n) is 17.7. The van der Waals surface area contributed by atoms with Crippen LogP contribution in [0, 0.1) is 60.7 Å². The first-order chi connectivity index (χ1) is 38.7. The molecule has 3 radical (unpaired) electrons. The molecule has 7 aromatic rings. The minimum Gasteiger partial charge on any atom is -1.00 e. The molecule has 17 nitrogen and oxygen atoms in total. The molecule has 0 aliphatic rings. The van der Waals surface area contributed by atoms with Crippen molar-refractivity contribution in [2.45, 2.75) is 88.7 Å². The molecule has 0 fully saturated rings. The van der Waals surface area contributed by atoms with Gasteiger partial charge in [-0.05, 0) is 150 Å². The number of halogens is 4. The summed E-state index contributed by atoms with van der Waals surface area (Å²) >= 11 is 12.3. The predicted octanol–water partition coefficient (Wildman–Crippen LogP) is 10.7. The van der Waals surface area contributed by atoms with Crippen molar-refractivity contribution in [3.05, 3.63) is 237 Å². The summed E-state index contributed by atoms with van der Waals surface area (Å²) in [4.78, 5) is 41.5. The predicted molar refractivity (Wildman–Crippen MR) is 340 cm³/mol. The molecule has 24 heteroatoms. The fourth-order valence-electron chi connectivity index (χ4n) is 7.23. The number of aryl methyl sites for hydroxylation is 5. The third-order valence-corrected chi connectivity index (χ3v) is 11.8. The van der Waals surface area contributed by atoms with Gasteiger partial charge < -0.3 is 46.2 Å². The molecule has 0 unspecified atom stereocenters. The normalized spacial score (nSPS) is 9.30. The molecule has 0 saturated heterocycles. The van der Waals surface area contributed by atoms with E-state index in [0.717, 1.165) is 69.3 Å². The van der Waals surface area contributed by atoms with Gasteiger partial charge in [0.1, 0.15) is 34.5 Å². The zero-order chi connectivity index (χ0) is 61.8. The van der Waals surface area contributed by atoms with Gasteiger partial charge in [-0.3, -0.25) is 29.8 Å². The number of carbonyl (C=O) groups is 2. The van der Waals surface area contributed by atoms with E-state index < -0.39 is 21.4 Å². The van der Waals surface area contributed by atoms with Crippen LogP contribution in [0.4, 0.5) is 15.8 Å². The van der Waals surface area contributed by atoms with E-state index in [0.29, 0.717) is 50.3 Å². The Bertz CT molecular complexity index is 3390. The van der Waals surface area contributed by atoms with Crippen LogP contribution >= 0.6 is 43.5 Å². The fourth-order valence-corrected chi connectivity index (χ4v) is 8.14. The Balaban J connectivity index is -0.000000324. The summed E-state index contributed by atoms with van der Waals surface area (Å²) in [5, 5.41) is 67.1. The third-order valence-electron chi connectivity index (χ3n) is 10.5. The Morgan fingerprint density at radius 2 is 1.03 bits per heavy atom. The number of hydrogen-bond donors (Lipinski definition) is 4. The van der Waals surface area contributed by atoms with Gasteiger partial charge in [0.05, 0.1) is 26.5 Å². The largest absolute Gasteiger partial charge is 1.00 e. The van der Waals surface area contributed by atoms with Crippen LogP contribution in [-0.2, 0) is 28.9 Å². The molecular formula is C63H70BBr2ClFK2N2O15. The standard InChI is InChI=1S/C17H16BrNO3.C17H17ClO2.C13H18O2.C7H6O3.C6H3BrFNO2.CH2O3.2CH4.B.2K.H/c1-4-5-13-9-11(2)8-12(3)17(13)22-16-7-6-14(18)10-15(16)19(20)21;1-4-5-13-9-11(2)8-12(3)17(13)20-16-7-6-14(19)10-15(16)18;1-5-6-11-7-10(4)8-12(13(11)14)15-9(2)3;8-4-5-1-2-6(9)3-7(5)10;7-4-1-2-5(8)6(3-4)9(10)11;2-1-4-3;;;;;;/h4,6-10H,1,5H2,2-3H3;4,6-10,19H,1,5H2,2-3H3;5,7-9,14H,1,6H2,2-4H3;1-4,9-10H;1-3H;1,3H;2*1H4;;;;/q;;;;;;;;;2*+1;-1/p-1. The molecular weight excluding hydrogens is 1330 g/mol. The van der Waals surface area contributed by atoms with E-state index in [4.69, 9.17) is 46.1 Å². The van der Waals surface area contributed by atoms with Crippen molar-refractivity contribution in [1.29, 1.82) is 0 Å². The summed E-state index contributed by atoms with van der Waals surface area (Å²) in [5.74, 6) is 2.04. The molecule has 0 aliphatic heterocycles. The zero-order valence-electron chi connectivity index (χ0n) is 49.4. The first-order valence-corrected chi connectivity index (χ1v) is 26.3. The maximum absolute atomic E-state index is 12.6. The number of rotatable bonds is 16. The molecule has 4 N–H and O–H groups in total. The minimum absolute atomic E-state index is 0. The van der Waals surface area contributed by atoms with Crippen molar-refractivity contribution in [3.63, 3.8) is 0 Å². The molecule has 0 bridgehead atoms. The molecule has 7 aromatic carbocycles. The first-order valence-electron chi connectivity index (χ1n) is 24.3. The number of ether oxygens (including phenoxy) is 3. The minimum atomic E-state index is -0.821. The summed E-state index contributed by atoms with van der Waals surface area (Å²) < 4.78 is 31.0. The van der Waals surface area contributed by atoms with Gasteiger partial charge in [-0.15, -0.1) is 19.7 Å². The molecule has 0 amide bonds. The van der Waals surface area contributed by atoms with Gasteiger partial charge in [0.2, 0.25) is 11.6 Å². The van der Waals surface area contributed by atoms with Crippen LogP contribution in [0.2, 0.25) is 5.02 Å². The number of phenolic OH excluding ortho intramolecular Hbond substituents is 4. The van der Waals surface area contributed by atoms with Gasteiger partial charge in [0, 0.05) is 47.2 Å². The first kappa shape index (κ1) is 88.2. The third kappa shape index (κ3) is 31.2. The Kier molecular flexibility index (Phi) is 46.6. The summed E-state index contributed by atoms with van der Waals surface area (Å²) in [6, 6.07) is 28.7. The van der Waals surface area contributed by atoms with Crippen molar-refractivity contribution in [3.8, 4) is 51.7 Å². The maximum atomic E-state index is 12.6. The fraction of sp³-hybridized carbons (Fsp3) is 0.206. The molecule has 455 valence electrons. The number of nitro benzene ring substituents is 2. The molecule has 0 atom stereocenters. The monoisotopic (exact) mass is 1400 g/mol. The summed E-state index contributed by atoms with van der Waals surface area (Å²) in [7, 11) is 0. The number of aldehydes is 1. The van der Waals surface area contributed by atoms with E-state index in [1.807, 2.05) is 71.9 Å². The molecule has 87 heavy (non-hydrogen) atoms. The van der Waals surface area contributed by atoms with E-state index >= 15 is 0 Å². The maximum Gasteiger partial charge on any atom is 1.00 e. The number of allylic oxidation sites excluding steroid dienone is 3. The number of aromatic hydroxyl groups is 4. The van der Waals surface area contributed by atoms with Gasteiger partial charge in [-0.2, -0.15) is 4.39 Å². The van der Waals surface area contributed by atoms with Gasteiger partial charge >= 0.3 is 114 Å². The topological polar surface area (TPSA) is 261 Å².